The standard InChI is InChI=1S/C23H23F2N3O6S3/c1-33-14-9-10-16(17(13-14)34-2)26-19(29)18-20(36-22(27-18)35-3)28-21(30)23(24,25)11-12-37(31,32)15-7-5-4-6-8-15/h4-10,13H,11-12H2,1-3H3,(H,26,29)(H,28,30). The number of hydrogen-bond donors (Lipinski definition) is 2. The molecule has 0 fully saturated rings. The van der Waals surface area contributed by atoms with Gasteiger partial charge in [0.15, 0.2) is 19.9 Å². The summed E-state index contributed by atoms with van der Waals surface area (Å²) in [6, 6.07) is 11.8. The van der Waals surface area contributed by atoms with Gasteiger partial charge in [-0.3, -0.25) is 9.59 Å². The highest BCUT2D eigenvalue weighted by Crippen LogP contribution is 2.34. The van der Waals surface area contributed by atoms with Gasteiger partial charge in [-0.1, -0.05) is 41.3 Å². The van der Waals surface area contributed by atoms with Gasteiger partial charge in [0.2, 0.25) is 0 Å². The lowest BCUT2D eigenvalue weighted by Gasteiger charge is -2.16. The van der Waals surface area contributed by atoms with Gasteiger partial charge in [0.1, 0.15) is 16.5 Å². The first-order valence-corrected chi connectivity index (χ1v) is 14.3. The van der Waals surface area contributed by atoms with Crippen molar-refractivity contribution in [3.63, 3.8) is 0 Å². The highest BCUT2D eigenvalue weighted by molar-refractivity contribution is 8.00. The van der Waals surface area contributed by atoms with Crippen molar-refractivity contribution < 1.29 is 36.3 Å². The van der Waals surface area contributed by atoms with E-state index in [2.05, 4.69) is 10.3 Å². The lowest BCUT2D eigenvalue weighted by Crippen LogP contribution is -2.36. The van der Waals surface area contributed by atoms with Gasteiger partial charge in [0.05, 0.1) is 30.6 Å². The Kier molecular flexibility index (Phi) is 9.10. The number of sulfone groups is 1. The summed E-state index contributed by atoms with van der Waals surface area (Å²) < 4.78 is 64.8. The van der Waals surface area contributed by atoms with Crippen LogP contribution in [-0.4, -0.2) is 57.4 Å². The maximum absolute atomic E-state index is 14.7. The molecule has 2 N–H and O–H groups in total. The number of methoxy groups -OCH3 is 2. The molecular formula is C23H23F2N3O6S3. The number of benzene rings is 2. The Morgan fingerprint density at radius 1 is 1.08 bits per heavy atom. The molecule has 0 aliphatic heterocycles. The summed E-state index contributed by atoms with van der Waals surface area (Å²) in [5, 5.41) is 4.42. The van der Waals surface area contributed by atoms with Crippen LogP contribution in [0.5, 0.6) is 11.5 Å². The first-order valence-electron chi connectivity index (χ1n) is 10.6. The Hall–Kier alpha value is -3.23. The molecule has 2 aromatic carbocycles. The number of nitrogens with one attached hydrogen (secondary N) is 2. The maximum Gasteiger partial charge on any atom is 0.325 e. The van der Waals surface area contributed by atoms with Gasteiger partial charge in [0.25, 0.3) is 11.8 Å². The molecule has 0 aliphatic carbocycles. The average Bonchev–Trinajstić information content (AvgIpc) is 3.31. The third-order valence-corrected chi connectivity index (χ3v) is 8.69. The SMILES string of the molecule is COc1ccc(NC(=O)c2nc(SC)sc2NC(=O)C(F)(F)CCS(=O)(=O)c2ccccc2)c(OC)c1. The number of ether oxygens (including phenoxy) is 2. The van der Waals surface area contributed by atoms with Gasteiger partial charge in [0, 0.05) is 12.5 Å². The topological polar surface area (TPSA) is 124 Å². The van der Waals surface area contributed by atoms with Crippen molar-refractivity contribution in [2.75, 3.05) is 36.9 Å². The summed E-state index contributed by atoms with van der Waals surface area (Å²) in [4.78, 5) is 29.4. The number of carbonyl (C=O) groups excluding carboxylic acids is 2. The van der Waals surface area contributed by atoms with E-state index in [0.29, 0.717) is 10.1 Å². The average molecular weight is 572 g/mol. The molecule has 14 heteroatoms. The second-order valence-electron chi connectivity index (χ2n) is 7.42. The summed E-state index contributed by atoms with van der Waals surface area (Å²) in [5.41, 5.74) is -0.0194. The van der Waals surface area contributed by atoms with Crippen molar-refractivity contribution in [3.05, 3.63) is 54.2 Å². The van der Waals surface area contributed by atoms with E-state index in [9.17, 15) is 26.8 Å². The molecular weight excluding hydrogens is 548 g/mol. The van der Waals surface area contributed by atoms with Crippen molar-refractivity contribution in [1.29, 1.82) is 0 Å². The molecule has 0 saturated heterocycles. The minimum absolute atomic E-state index is 0.119. The Morgan fingerprint density at radius 2 is 1.78 bits per heavy atom. The largest absolute Gasteiger partial charge is 0.497 e. The van der Waals surface area contributed by atoms with Gasteiger partial charge in [-0.25, -0.2) is 13.4 Å². The molecule has 0 unspecified atom stereocenters. The van der Waals surface area contributed by atoms with Gasteiger partial charge < -0.3 is 20.1 Å². The van der Waals surface area contributed by atoms with Crippen molar-refractivity contribution in [2.45, 2.75) is 21.6 Å². The van der Waals surface area contributed by atoms with E-state index in [1.165, 1.54) is 50.6 Å². The van der Waals surface area contributed by atoms with Crippen LogP contribution in [0.15, 0.2) is 57.8 Å². The van der Waals surface area contributed by atoms with E-state index >= 15 is 0 Å². The van der Waals surface area contributed by atoms with E-state index < -0.39 is 39.7 Å². The summed E-state index contributed by atoms with van der Waals surface area (Å²) in [6.07, 6.45) is 0.427. The van der Waals surface area contributed by atoms with E-state index in [4.69, 9.17) is 9.47 Å². The third kappa shape index (κ3) is 6.96. The van der Waals surface area contributed by atoms with Crippen LogP contribution < -0.4 is 20.1 Å². The van der Waals surface area contributed by atoms with E-state index in [-0.39, 0.29) is 27.0 Å². The zero-order valence-corrected chi connectivity index (χ0v) is 22.4. The summed E-state index contributed by atoms with van der Waals surface area (Å²) in [5.74, 6) is -6.73. The summed E-state index contributed by atoms with van der Waals surface area (Å²) in [6.45, 7) is 0. The zero-order chi connectivity index (χ0) is 27.2. The smallest absolute Gasteiger partial charge is 0.325 e. The Morgan fingerprint density at radius 3 is 2.41 bits per heavy atom. The number of amides is 2. The number of halogens is 2. The second-order valence-corrected chi connectivity index (χ2v) is 11.6. The van der Waals surface area contributed by atoms with Crippen molar-refractivity contribution >= 4 is 55.4 Å². The van der Waals surface area contributed by atoms with Gasteiger partial charge in [-0.15, -0.1) is 0 Å². The highest BCUT2D eigenvalue weighted by Gasteiger charge is 2.41. The summed E-state index contributed by atoms with van der Waals surface area (Å²) >= 11 is 1.99. The van der Waals surface area contributed by atoms with E-state index in [1.807, 2.05) is 5.32 Å². The molecule has 9 nitrogen and oxygen atoms in total. The lowest BCUT2D eigenvalue weighted by atomic mass is 10.2. The third-order valence-electron chi connectivity index (χ3n) is 5.00. The van der Waals surface area contributed by atoms with Crippen LogP contribution in [0, 0.1) is 0 Å². The molecule has 0 atom stereocenters. The first-order chi connectivity index (χ1) is 17.5. The highest BCUT2D eigenvalue weighted by atomic mass is 32.2. The van der Waals surface area contributed by atoms with E-state index in [0.717, 1.165) is 23.1 Å². The molecule has 1 heterocycles. The molecule has 3 aromatic rings. The molecule has 2 amide bonds. The number of aromatic nitrogens is 1. The number of alkyl halides is 2. The number of rotatable bonds is 11. The second kappa shape index (κ2) is 11.9. The predicted octanol–water partition coefficient (Wildman–Crippen LogP) is 4.57. The molecule has 0 saturated carbocycles. The molecule has 0 spiro atoms. The minimum atomic E-state index is -4.03. The fraction of sp³-hybridized carbons (Fsp3) is 0.261. The van der Waals surface area contributed by atoms with Crippen LogP contribution in [0.25, 0.3) is 0 Å². The molecule has 3 rings (SSSR count). The van der Waals surface area contributed by atoms with Crippen LogP contribution in [0.2, 0.25) is 0 Å². The molecule has 37 heavy (non-hydrogen) atoms. The molecule has 1 aromatic heterocycles. The zero-order valence-electron chi connectivity index (χ0n) is 19.9. The first kappa shape index (κ1) is 28.3. The number of hydrogen-bond acceptors (Lipinski definition) is 9. The van der Waals surface area contributed by atoms with Crippen LogP contribution >= 0.6 is 23.1 Å². The minimum Gasteiger partial charge on any atom is -0.497 e. The number of thioether (sulfide) groups is 1. The molecule has 0 radical (unpaired) electrons. The van der Waals surface area contributed by atoms with Crippen LogP contribution in [-0.2, 0) is 14.6 Å². The number of nitrogens with zero attached hydrogens (tertiary/aromatic N) is 1. The number of anilines is 2. The fourth-order valence-corrected chi connectivity index (χ4v) is 5.81. The fourth-order valence-electron chi connectivity index (χ4n) is 3.03. The van der Waals surface area contributed by atoms with Crippen molar-refractivity contribution in [2.24, 2.45) is 0 Å². The Balaban J connectivity index is 1.77. The van der Waals surface area contributed by atoms with Gasteiger partial charge in [-0.2, -0.15) is 8.78 Å². The normalized spacial score (nSPS) is 11.6. The quantitative estimate of drug-likeness (QED) is 0.321. The number of thiazole rings is 1. The van der Waals surface area contributed by atoms with Crippen LogP contribution in [0.3, 0.4) is 0 Å². The molecule has 0 aliphatic rings. The Bertz CT molecular complexity index is 1380. The Labute approximate surface area is 220 Å². The predicted molar refractivity (Wildman–Crippen MR) is 138 cm³/mol. The van der Waals surface area contributed by atoms with Gasteiger partial charge >= 0.3 is 5.92 Å². The maximum atomic E-state index is 14.7. The van der Waals surface area contributed by atoms with Crippen molar-refractivity contribution in [1.82, 2.24) is 4.98 Å². The van der Waals surface area contributed by atoms with Crippen LogP contribution in [0.1, 0.15) is 16.9 Å². The number of carbonyl (C=O) groups is 2. The van der Waals surface area contributed by atoms with Crippen molar-refractivity contribution in [3.8, 4) is 11.5 Å². The molecule has 198 valence electrons. The van der Waals surface area contributed by atoms with Gasteiger partial charge in [-0.05, 0) is 30.5 Å². The van der Waals surface area contributed by atoms with Crippen LogP contribution in [0.4, 0.5) is 19.5 Å². The molecule has 0 bridgehead atoms. The summed E-state index contributed by atoms with van der Waals surface area (Å²) in [7, 11) is -1.17. The monoisotopic (exact) mass is 571 g/mol. The van der Waals surface area contributed by atoms with E-state index in [1.54, 1.807) is 18.4 Å². The lowest BCUT2D eigenvalue weighted by molar-refractivity contribution is -0.139.